The molecule has 1 saturated heterocycles. The highest BCUT2D eigenvalue weighted by atomic mass is 16.5. The molecule has 25 heavy (non-hydrogen) atoms. The zero-order valence-corrected chi connectivity index (χ0v) is 14.5. The van der Waals surface area contributed by atoms with E-state index in [0.717, 1.165) is 43.9 Å². The fraction of sp³-hybridized carbons (Fsp3) is 0.350. The third-order valence-electron chi connectivity index (χ3n) is 4.51. The summed E-state index contributed by atoms with van der Waals surface area (Å²) in [5, 5.41) is 9.53. The zero-order valence-electron chi connectivity index (χ0n) is 14.5. The maximum Gasteiger partial charge on any atom is 0.339 e. The van der Waals surface area contributed by atoms with Gasteiger partial charge in [0.25, 0.3) is 0 Å². The number of hydrogen-bond acceptors (Lipinski definition) is 4. The van der Waals surface area contributed by atoms with Crippen molar-refractivity contribution >= 4 is 5.97 Å². The van der Waals surface area contributed by atoms with Crippen molar-refractivity contribution in [3.8, 4) is 5.75 Å². The quantitative estimate of drug-likeness (QED) is 0.876. The standard InChI is InChI=1S/C20H24N2O3/c1-21-9-11-22(12-10-21)14-17-7-8-19(18(13-17)20(23)24)25-15-16-5-3-2-4-6-16/h2-8,13H,9-12,14-15H2,1H3,(H,23,24). The van der Waals surface area contributed by atoms with Gasteiger partial charge in [0, 0.05) is 32.7 Å². The van der Waals surface area contributed by atoms with Crippen LogP contribution in [0.2, 0.25) is 0 Å². The van der Waals surface area contributed by atoms with Crippen molar-refractivity contribution in [1.29, 1.82) is 0 Å². The predicted molar refractivity (Wildman–Crippen MR) is 96.9 cm³/mol. The number of benzene rings is 2. The Morgan fingerprint density at radius 2 is 1.76 bits per heavy atom. The van der Waals surface area contributed by atoms with E-state index in [-0.39, 0.29) is 5.56 Å². The van der Waals surface area contributed by atoms with Gasteiger partial charge in [-0.3, -0.25) is 4.90 Å². The number of carboxylic acid groups (broad SMARTS) is 1. The van der Waals surface area contributed by atoms with Crippen LogP contribution >= 0.6 is 0 Å². The normalized spacial score (nSPS) is 15.9. The Morgan fingerprint density at radius 1 is 1.04 bits per heavy atom. The first-order valence-corrected chi connectivity index (χ1v) is 8.55. The van der Waals surface area contributed by atoms with Crippen molar-refractivity contribution in [3.05, 3.63) is 65.2 Å². The fourth-order valence-electron chi connectivity index (χ4n) is 2.97. The predicted octanol–water partition coefficient (Wildman–Crippen LogP) is 2.71. The number of carbonyl (C=O) groups is 1. The average molecular weight is 340 g/mol. The lowest BCUT2D eigenvalue weighted by molar-refractivity contribution is 0.0691. The highest BCUT2D eigenvalue weighted by molar-refractivity contribution is 5.91. The van der Waals surface area contributed by atoms with Crippen molar-refractivity contribution < 1.29 is 14.6 Å². The molecule has 5 nitrogen and oxygen atoms in total. The second-order valence-electron chi connectivity index (χ2n) is 6.49. The molecule has 3 rings (SSSR count). The third-order valence-corrected chi connectivity index (χ3v) is 4.51. The van der Waals surface area contributed by atoms with E-state index < -0.39 is 5.97 Å². The minimum absolute atomic E-state index is 0.225. The minimum Gasteiger partial charge on any atom is -0.488 e. The second-order valence-corrected chi connectivity index (χ2v) is 6.49. The van der Waals surface area contributed by atoms with Crippen LogP contribution in [0.4, 0.5) is 0 Å². The Hall–Kier alpha value is -2.37. The molecule has 1 aliphatic heterocycles. The molecule has 1 aliphatic rings. The Balaban J connectivity index is 1.68. The van der Waals surface area contributed by atoms with E-state index in [1.807, 2.05) is 36.4 Å². The van der Waals surface area contributed by atoms with E-state index >= 15 is 0 Å². The molecule has 0 aliphatic carbocycles. The molecule has 0 spiro atoms. The van der Waals surface area contributed by atoms with Gasteiger partial charge >= 0.3 is 5.97 Å². The van der Waals surface area contributed by atoms with Gasteiger partial charge in [-0.15, -0.1) is 0 Å². The summed E-state index contributed by atoms with van der Waals surface area (Å²) in [5.74, 6) is -0.540. The van der Waals surface area contributed by atoms with E-state index in [4.69, 9.17) is 4.74 Å². The summed E-state index contributed by atoms with van der Waals surface area (Å²) in [6.07, 6.45) is 0. The maximum absolute atomic E-state index is 11.6. The van der Waals surface area contributed by atoms with Crippen LogP contribution in [0.3, 0.4) is 0 Å². The molecule has 2 aromatic rings. The summed E-state index contributed by atoms with van der Waals surface area (Å²) in [5.41, 5.74) is 2.25. The SMILES string of the molecule is CN1CCN(Cc2ccc(OCc3ccccc3)c(C(=O)O)c2)CC1. The Kier molecular flexibility index (Phi) is 5.68. The molecule has 0 aromatic heterocycles. The number of nitrogens with zero attached hydrogens (tertiary/aromatic N) is 2. The number of likely N-dealkylation sites (N-methyl/N-ethyl adjacent to an activating group) is 1. The Morgan fingerprint density at radius 3 is 2.44 bits per heavy atom. The molecule has 1 heterocycles. The monoisotopic (exact) mass is 340 g/mol. The van der Waals surface area contributed by atoms with E-state index in [1.165, 1.54) is 0 Å². The molecule has 0 radical (unpaired) electrons. The summed E-state index contributed by atoms with van der Waals surface area (Å²) in [4.78, 5) is 16.3. The van der Waals surface area contributed by atoms with Gasteiger partial charge in [-0.1, -0.05) is 36.4 Å². The van der Waals surface area contributed by atoms with Crippen LogP contribution in [0.5, 0.6) is 5.75 Å². The molecule has 0 amide bonds. The molecule has 5 heteroatoms. The minimum atomic E-state index is -0.955. The van der Waals surface area contributed by atoms with Gasteiger partial charge in [-0.2, -0.15) is 0 Å². The van der Waals surface area contributed by atoms with Crippen LogP contribution in [0.25, 0.3) is 0 Å². The summed E-state index contributed by atoms with van der Waals surface area (Å²) >= 11 is 0. The van der Waals surface area contributed by atoms with Crippen molar-refractivity contribution in [2.45, 2.75) is 13.2 Å². The maximum atomic E-state index is 11.6. The molecule has 2 aromatic carbocycles. The molecule has 0 saturated carbocycles. The van der Waals surface area contributed by atoms with Gasteiger partial charge < -0.3 is 14.7 Å². The van der Waals surface area contributed by atoms with E-state index in [1.54, 1.807) is 12.1 Å². The smallest absolute Gasteiger partial charge is 0.339 e. The Labute approximate surface area is 148 Å². The summed E-state index contributed by atoms with van der Waals surface area (Å²) < 4.78 is 5.74. The van der Waals surface area contributed by atoms with Crippen molar-refractivity contribution in [1.82, 2.24) is 9.80 Å². The van der Waals surface area contributed by atoms with E-state index in [0.29, 0.717) is 12.4 Å². The Bertz CT molecular complexity index is 710. The summed E-state index contributed by atoms with van der Waals surface area (Å²) in [6, 6.07) is 15.2. The van der Waals surface area contributed by atoms with Gasteiger partial charge in [0.05, 0.1) is 0 Å². The molecular weight excluding hydrogens is 316 g/mol. The number of carboxylic acids is 1. The lowest BCUT2D eigenvalue weighted by Gasteiger charge is -2.32. The fourth-order valence-corrected chi connectivity index (χ4v) is 2.97. The molecule has 0 atom stereocenters. The largest absolute Gasteiger partial charge is 0.488 e. The van der Waals surface area contributed by atoms with Crippen molar-refractivity contribution in [3.63, 3.8) is 0 Å². The molecule has 132 valence electrons. The van der Waals surface area contributed by atoms with E-state index in [9.17, 15) is 9.90 Å². The van der Waals surface area contributed by atoms with Gasteiger partial charge in [0.15, 0.2) is 0 Å². The lowest BCUT2D eigenvalue weighted by Crippen LogP contribution is -2.43. The lowest BCUT2D eigenvalue weighted by atomic mass is 10.1. The molecule has 1 N–H and O–H groups in total. The first-order chi connectivity index (χ1) is 12.1. The summed E-state index contributed by atoms with van der Waals surface area (Å²) in [6.45, 7) is 5.23. The van der Waals surface area contributed by atoms with Gasteiger partial charge in [0.2, 0.25) is 0 Å². The first-order valence-electron chi connectivity index (χ1n) is 8.55. The highest BCUT2D eigenvalue weighted by Crippen LogP contribution is 2.22. The van der Waals surface area contributed by atoms with Crippen LogP contribution in [-0.4, -0.2) is 54.1 Å². The second kappa shape index (κ2) is 8.14. The zero-order chi connectivity index (χ0) is 17.6. The number of rotatable bonds is 6. The van der Waals surface area contributed by atoms with Crippen molar-refractivity contribution in [2.24, 2.45) is 0 Å². The molecular formula is C20H24N2O3. The van der Waals surface area contributed by atoms with Crippen LogP contribution in [0, 0.1) is 0 Å². The third kappa shape index (κ3) is 4.81. The average Bonchev–Trinajstić information content (AvgIpc) is 2.63. The molecule has 0 bridgehead atoms. The van der Waals surface area contributed by atoms with Gasteiger partial charge in [-0.25, -0.2) is 4.79 Å². The number of hydrogen-bond donors (Lipinski definition) is 1. The topological polar surface area (TPSA) is 53.0 Å². The number of ether oxygens (including phenoxy) is 1. The van der Waals surface area contributed by atoms with Crippen LogP contribution in [0.15, 0.2) is 48.5 Å². The summed E-state index contributed by atoms with van der Waals surface area (Å²) in [7, 11) is 2.12. The van der Waals surface area contributed by atoms with Crippen LogP contribution in [-0.2, 0) is 13.2 Å². The first kappa shape index (κ1) is 17.5. The van der Waals surface area contributed by atoms with Crippen molar-refractivity contribution in [2.75, 3.05) is 33.2 Å². The van der Waals surface area contributed by atoms with E-state index in [2.05, 4.69) is 16.8 Å². The van der Waals surface area contributed by atoms with Gasteiger partial charge in [-0.05, 0) is 30.3 Å². The number of piperazine rings is 1. The van der Waals surface area contributed by atoms with Crippen LogP contribution in [0.1, 0.15) is 21.5 Å². The number of aromatic carboxylic acids is 1. The molecule has 1 fully saturated rings. The highest BCUT2D eigenvalue weighted by Gasteiger charge is 2.17. The van der Waals surface area contributed by atoms with Gasteiger partial charge in [0.1, 0.15) is 17.9 Å². The van der Waals surface area contributed by atoms with Crippen LogP contribution < -0.4 is 4.74 Å². The molecule has 0 unspecified atom stereocenters.